The van der Waals surface area contributed by atoms with Crippen molar-refractivity contribution in [2.24, 2.45) is 5.92 Å². The van der Waals surface area contributed by atoms with E-state index in [1.165, 1.54) is 12.8 Å². The summed E-state index contributed by atoms with van der Waals surface area (Å²) in [7, 11) is -1.63. The first-order valence-electron chi connectivity index (χ1n) is 7.87. The van der Waals surface area contributed by atoms with E-state index in [0.717, 1.165) is 43.5 Å². The van der Waals surface area contributed by atoms with Gasteiger partial charge in [-0.2, -0.15) is 0 Å². The Labute approximate surface area is 127 Å². The van der Waals surface area contributed by atoms with Gasteiger partial charge >= 0.3 is 0 Å². The van der Waals surface area contributed by atoms with E-state index in [2.05, 4.69) is 5.32 Å². The highest BCUT2D eigenvalue weighted by Crippen LogP contribution is 2.29. The number of nitrogens with zero attached hydrogens (tertiary/aromatic N) is 1. The lowest BCUT2D eigenvalue weighted by Crippen LogP contribution is -2.33. The molecule has 2 aliphatic rings. The summed E-state index contributed by atoms with van der Waals surface area (Å²) in [4.78, 5) is 0.516. The summed E-state index contributed by atoms with van der Waals surface area (Å²) in [6.07, 6.45) is 5.60. The molecule has 0 unspecified atom stereocenters. The Bertz CT molecular complexity index is 607. The summed E-state index contributed by atoms with van der Waals surface area (Å²) < 4.78 is 27.4. The van der Waals surface area contributed by atoms with Gasteiger partial charge in [-0.25, -0.2) is 12.7 Å². The predicted octanol–water partition coefficient (Wildman–Crippen LogP) is 2.14. The Balaban J connectivity index is 1.87. The van der Waals surface area contributed by atoms with Crippen LogP contribution in [-0.2, 0) is 23.0 Å². The molecule has 1 aromatic rings. The maximum absolute atomic E-state index is 12.9. The smallest absolute Gasteiger partial charge is 0.243 e. The topological polar surface area (TPSA) is 49.4 Å². The van der Waals surface area contributed by atoms with Crippen LogP contribution in [-0.4, -0.2) is 32.9 Å². The van der Waals surface area contributed by atoms with Crippen molar-refractivity contribution in [2.75, 3.05) is 20.1 Å². The normalized spacial score (nSPS) is 19.9. The third-order valence-corrected chi connectivity index (χ3v) is 6.68. The van der Waals surface area contributed by atoms with Crippen molar-refractivity contribution in [3.63, 3.8) is 0 Å². The van der Waals surface area contributed by atoms with E-state index in [1.807, 2.05) is 12.1 Å². The summed E-state index contributed by atoms with van der Waals surface area (Å²) in [5.74, 6) is 0.533. The van der Waals surface area contributed by atoms with E-state index in [0.29, 0.717) is 17.4 Å². The summed E-state index contributed by atoms with van der Waals surface area (Å²) in [5.41, 5.74) is 2.13. The van der Waals surface area contributed by atoms with Crippen LogP contribution in [0.4, 0.5) is 0 Å². The van der Waals surface area contributed by atoms with Gasteiger partial charge in [-0.1, -0.05) is 25.0 Å². The fourth-order valence-corrected chi connectivity index (χ4v) is 5.10. The number of hydrogen-bond acceptors (Lipinski definition) is 3. The molecule has 0 bridgehead atoms. The first-order chi connectivity index (χ1) is 10.1. The Hall–Kier alpha value is -0.910. The van der Waals surface area contributed by atoms with Gasteiger partial charge < -0.3 is 5.32 Å². The maximum Gasteiger partial charge on any atom is 0.243 e. The molecule has 1 saturated carbocycles. The lowest BCUT2D eigenvalue weighted by atomic mass is 10.0. The van der Waals surface area contributed by atoms with Crippen LogP contribution >= 0.6 is 0 Å². The Morgan fingerprint density at radius 3 is 2.81 bits per heavy atom. The van der Waals surface area contributed by atoms with Gasteiger partial charge in [0, 0.05) is 20.1 Å². The van der Waals surface area contributed by atoms with Crippen molar-refractivity contribution in [2.45, 2.75) is 43.5 Å². The fraction of sp³-hybridized carbons (Fsp3) is 0.625. The van der Waals surface area contributed by atoms with Crippen LogP contribution in [0.25, 0.3) is 0 Å². The van der Waals surface area contributed by atoms with Crippen molar-refractivity contribution in [1.29, 1.82) is 0 Å². The molecule has 1 aliphatic heterocycles. The highest BCUT2D eigenvalue weighted by molar-refractivity contribution is 7.89. The van der Waals surface area contributed by atoms with Gasteiger partial charge in [-0.3, -0.25) is 0 Å². The molecule has 1 fully saturated rings. The average molecular weight is 308 g/mol. The lowest BCUT2D eigenvalue weighted by molar-refractivity contribution is 0.387. The molecular formula is C16H24N2O2S. The fourth-order valence-electron chi connectivity index (χ4n) is 3.56. The Kier molecular flexibility index (Phi) is 4.33. The molecule has 116 valence electrons. The van der Waals surface area contributed by atoms with Crippen LogP contribution in [0.15, 0.2) is 23.1 Å². The minimum Gasteiger partial charge on any atom is -0.312 e. The van der Waals surface area contributed by atoms with Gasteiger partial charge in [0.2, 0.25) is 10.0 Å². The zero-order valence-corrected chi connectivity index (χ0v) is 13.5. The molecule has 1 aromatic carbocycles. The minimum atomic E-state index is -3.36. The molecule has 4 nitrogen and oxygen atoms in total. The zero-order valence-electron chi connectivity index (χ0n) is 12.6. The molecule has 5 heteroatoms. The molecule has 0 spiro atoms. The van der Waals surface area contributed by atoms with Crippen molar-refractivity contribution in [1.82, 2.24) is 9.62 Å². The largest absolute Gasteiger partial charge is 0.312 e. The summed E-state index contributed by atoms with van der Waals surface area (Å²) in [5, 5.41) is 3.30. The van der Waals surface area contributed by atoms with E-state index in [-0.39, 0.29) is 0 Å². The van der Waals surface area contributed by atoms with E-state index < -0.39 is 10.0 Å². The van der Waals surface area contributed by atoms with Crippen molar-refractivity contribution < 1.29 is 8.42 Å². The maximum atomic E-state index is 12.9. The molecule has 21 heavy (non-hydrogen) atoms. The van der Waals surface area contributed by atoms with Crippen LogP contribution in [0.2, 0.25) is 0 Å². The lowest BCUT2D eigenvalue weighted by Gasteiger charge is -2.25. The van der Waals surface area contributed by atoms with Crippen LogP contribution < -0.4 is 5.32 Å². The number of hydrogen-bond donors (Lipinski definition) is 1. The van der Waals surface area contributed by atoms with Gasteiger partial charge in [0.15, 0.2) is 0 Å². The standard InChI is InChI=1S/C16H24N2O2S/c1-18(12-13-5-2-3-6-13)21(19,20)16-8-4-7-14-11-17-10-9-15(14)16/h4,7-8,13,17H,2-3,5-6,9-12H2,1H3. The molecule has 0 saturated heterocycles. The van der Waals surface area contributed by atoms with Crippen LogP contribution in [0.3, 0.4) is 0 Å². The van der Waals surface area contributed by atoms with Crippen molar-refractivity contribution in [3.8, 4) is 0 Å². The first-order valence-corrected chi connectivity index (χ1v) is 9.31. The number of fused-ring (bicyclic) bond motifs is 1. The highest BCUT2D eigenvalue weighted by atomic mass is 32.2. The van der Waals surface area contributed by atoms with Crippen LogP contribution in [0, 0.1) is 5.92 Å². The average Bonchev–Trinajstić information content (AvgIpc) is 2.99. The van der Waals surface area contributed by atoms with Gasteiger partial charge in [-0.05, 0) is 48.9 Å². The summed E-state index contributed by atoms with van der Waals surface area (Å²) in [6, 6.07) is 5.66. The van der Waals surface area contributed by atoms with E-state index in [4.69, 9.17) is 0 Å². The van der Waals surface area contributed by atoms with Crippen molar-refractivity contribution in [3.05, 3.63) is 29.3 Å². The summed E-state index contributed by atoms with van der Waals surface area (Å²) in [6.45, 7) is 2.28. The quantitative estimate of drug-likeness (QED) is 0.927. The number of sulfonamides is 1. The van der Waals surface area contributed by atoms with Crippen LogP contribution in [0.1, 0.15) is 36.8 Å². The third kappa shape index (κ3) is 3.00. The second kappa shape index (κ2) is 6.07. The van der Waals surface area contributed by atoms with Gasteiger partial charge in [-0.15, -0.1) is 0 Å². The Morgan fingerprint density at radius 2 is 2.05 bits per heavy atom. The first kappa shape index (κ1) is 15.0. The SMILES string of the molecule is CN(CC1CCCC1)S(=O)(=O)c1cccc2c1CCNC2. The second-order valence-corrected chi connectivity index (χ2v) is 8.27. The number of rotatable bonds is 4. The van der Waals surface area contributed by atoms with Crippen LogP contribution in [0.5, 0.6) is 0 Å². The molecule has 0 radical (unpaired) electrons. The summed E-state index contributed by atoms with van der Waals surface area (Å²) >= 11 is 0. The molecule has 0 aromatic heterocycles. The zero-order chi connectivity index (χ0) is 14.9. The molecule has 0 atom stereocenters. The minimum absolute atomic E-state index is 0.516. The van der Waals surface area contributed by atoms with E-state index in [1.54, 1.807) is 17.4 Å². The molecule has 1 N–H and O–H groups in total. The van der Waals surface area contributed by atoms with Gasteiger partial charge in [0.25, 0.3) is 0 Å². The molecule has 1 heterocycles. The van der Waals surface area contributed by atoms with Crippen molar-refractivity contribution >= 4 is 10.0 Å². The molecule has 1 aliphatic carbocycles. The number of benzene rings is 1. The third-order valence-electron chi connectivity index (χ3n) is 4.78. The van der Waals surface area contributed by atoms with E-state index in [9.17, 15) is 8.42 Å². The second-order valence-electron chi connectivity index (χ2n) is 6.26. The molecule has 0 amide bonds. The van der Waals surface area contributed by atoms with Gasteiger partial charge in [0.05, 0.1) is 4.90 Å². The number of nitrogens with one attached hydrogen (secondary N) is 1. The highest BCUT2D eigenvalue weighted by Gasteiger charge is 2.28. The van der Waals surface area contributed by atoms with Gasteiger partial charge in [0.1, 0.15) is 0 Å². The Morgan fingerprint density at radius 1 is 1.29 bits per heavy atom. The monoisotopic (exact) mass is 308 g/mol. The van der Waals surface area contributed by atoms with E-state index >= 15 is 0 Å². The molecular weight excluding hydrogens is 284 g/mol. The predicted molar refractivity (Wildman–Crippen MR) is 83.6 cm³/mol. The molecule has 3 rings (SSSR count).